The van der Waals surface area contributed by atoms with Crippen LogP contribution in [0.5, 0.6) is 11.5 Å². The minimum atomic E-state index is -4.52. The molecule has 36 heavy (non-hydrogen) atoms. The van der Waals surface area contributed by atoms with E-state index in [9.17, 15) is 18.0 Å². The smallest absolute Gasteiger partial charge is 0.416 e. The van der Waals surface area contributed by atoms with Gasteiger partial charge >= 0.3 is 6.18 Å². The summed E-state index contributed by atoms with van der Waals surface area (Å²) in [6, 6.07) is 17.9. The number of hydrogen-bond donors (Lipinski definition) is 0. The van der Waals surface area contributed by atoms with Crippen molar-refractivity contribution in [3.05, 3.63) is 91.9 Å². The number of carbonyl (C=O) groups is 1. The zero-order valence-corrected chi connectivity index (χ0v) is 22.6. The molecule has 4 nitrogen and oxygen atoms in total. The van der Waals surface area contributed by atoms with Crippen molar-refractivity contribution in [1.82, 2.24) is 0 Å². The molecule has 0 saturated carbocycles. The maximum Gasteiger partial charge on any atom is 0.416 e. The van der Waals surface area contributed by atoms with Crippen molar-refractivity contribution in [3.63, 3.8) is 0 Å². The van der Waals surface area contributed by atoms with Gasteiger partial charge in [-0.15, -0.1) is 0 Å². The summed E-state index contributed by atoms with van der Waals surface area (Å²) >= 11 is 8.50. The zero-order valence-electron chi connectivity index (χ0n) is 18.8. The number of thiocarbonyl (C=S) groups is 1. The molecule has 0 radical (unpaired) electrons. The van der Waals surface area contributed by atoms with Gasteiger partial charge in [0.25, 0.3) is 5.91 Å². The van der Waals surface area contributed by atoms with Gasteiger partial charge in [-0.2, -0.15) is 13.2 Å². The molecule has 4 rings (SSSR count). The predicted octanol–water partition coefficient (Wildman–Crippen LogP) is 7.69. The van der Waals surface area contributed by atoms with E-state index in [0.29, 0.717) is 35.2 Å². The highest BCUT2D eigenvalue weighted by Crippen LogP contribution is 2.40. The van der Waals surface area contributed by atoms with E-state index in [2.05, 4.69) is 22.6 Å². The fourth-order valence-electron chi connectivity index (χ4n) is 3.47. The van der Waals surface area contributed by atoms with E-state index in [4.69, 9.17) is 21.7 Å². The third-order valence-corrected chi connectivity index (χ3v) is 7.18. The van der Waals surface area contributed by atoms with Crippen LogP contribution >= 0.6 is 46.6 Å². The van der Waals surface area contributed by atoms with Crippen molar-refractivity contribution in [2.24, 2.45) is 0 Å². The largest absolute Gasteiger partial charge is 0.490 e. The molecule has 0 spiro atoms. The number of rotatable bonds is 7. The molecule has 1 heterocycles. The van der Waals surface area contributed by atoms with Crippen LogP contribution in [0.25, 0.3) is 6.08 Å². The molecule has 1 aliphatic heterocycles. The number of carbonyl (C=O) groups excluding carboxylic acids is 1. The van der Waals surface area contributed by atoms with E-state index >= 15 is 0 Å². The summed E-state index contributed by atoms with van der Waals surface area (Å²) in [5, 5.41) is 0. The molecule has 1 fully saturated rings. The van der Waals surface area contributed by atoms with Gasteiger partial charge < -0.3 is 9.47 Å². The van der Waals surface area contributed by atoms with E-state index in [1.807, 2.05) is 43.3 Å². The van der Waals surface area contributed by atoms with E-state index in [1.54, 1.807) is 12.1 Å². The molecule has 0 aromatic heterocycles. The number of ether oxygens (including phenoxy) is 2. The normalized spacial score (nSPS) is 15.0. The van der Waals surface area contributed by atoms with Crippen molar-refractivity contribution >= 4 is 68.6 Å². The van der Waals surface area contributed by atoms with Crippen LogP contribution in [0.4, 0.5) is 18.9 Å². The molecule has 3 aromatic carbocycles. The van der Waals surface area contributed by atoms with Gasteiger partial charge in [-0.25, -0.2) is 0 Å². The second-order valence-electron chi connectivity index (χ2n) is 7.60. The van der Waals surface area contributed by atoms with Crippen LogP contribution in [-0.2, 0) is 17.6 Å². The molecule has 0 unspecified atom stereocenters. The number of nitrogens with zero attached hydrogens (tertiary/aromatic N) is 1. The van der Waals surface area contributed by atoms with E-state index in [-0.39, 0.29) is 10.0 Å². The average molecular weight is 641 g/mol. The lowest BCUT2D eigenvalue weighted by Gasteiger charge is -2.16. The first-order valence-electron chi connectivity index (χ1n) is 10.8. The Morgan fingerprint density at radius 2 is 1.81 bits per heavy atom. The highest BCUT2D eigenvalue weighted by Gasteiger charge is 2.36. The summed E-state index contributed by atoms with van der Waals surface area (Å²) in [5.74, 6) is 0.636. The third kappa shape index (κ3) is 6.04. The SMILES string of the molecule is CCOc1cc(/C=C2\SC(=S)N(c3cccc(C(F)(F)F)c3)C2=O)cc(I)c1OCc1ccccc1. The van der Waals surface area contributed by atoms with Crippen LogP contribution in [0.15, 0.2) is 71.6 Å². The average Bonchev–Trinajstić information content (AvgIpc) is 3.11. The highest BCUT2D eigenvalue weighted by atomic mass is 127. The predicted molar refractivity (Wildman–Crippen MR) is 148 cm³/mol. The van der Waals surface area contributed by atoms with Crippen LogP contribution in [0.3, 0.4) is 0 Å². The molecule has 1 aliphatic rings. The molecular formula is C26H19F3INO3S2. The van der Waals surface area contributed by atoms with Crippen molar-refractivity contribution in [1.29, 1.82) is 0 Å². The first-order valence-corrected chi connectivity index (χ1v) is 13.1. The van der Waals surface area contributed by atoms with Crippen molar-refractivity contribution in [2.75, 3.05) is 11.5 Å². The van der Waals surface area contributed by atoms with Crippen LogP contribution in [-0.4, -0.2) is 16.8 Å². The molecule has 0 N–H and O–H groups in total. The van der Waals surface area contributed by atoms with E-state index < -0.39 is 17.6 Å². The summed E-state index contributed by atoms with van der Waals surface area (Å²) < 4.78 is 52.3. The number of benzene rings is 3. The number of anilines is 1. The standard InChI is InChI=1S/C26H19F3INO3S2/c1-2-33-21-12-17(11-20(30)23(21)34-15-16-7-4-3-5-8-16)13-22-24(32)31(25(35)36-22)19-10-6-9-18(14-19)26(27,28)29/h3-14H,2,15H2,1H3/b22-13-. The van der Waals surface area contributed by atoms with E-state index in [1.165, 1.54) is 12.1 Å². The van der Waals surface area contributed by atoms with Crippen molar-refractivity contribution in [2.45, 2.75) is 19.7 Å². The van der Waals surface area contributed by atoms with Gasteiger partial charge in [-0.1, -0.05) is 60.4 Å². The quantitative estimate of drug-likeness (QED) is 0.150. The van der Waals surface area contributed by atoms with Crippen LogP contribution in [0.2, 0.25) is 0 Å². The topological polar surface area (TPSA) is 38.8 Å². The van der Waals surface area contributed by atoms with Gasteiger partial charge in [0.15, 0.2) is 15.8 Å². The third-order valence-electron chi connectivity index (χ3n) is 5.08. The van der Waals surface area contributed by atoms with Gasteiger partial charge in [-0.05, 0) is 77.0 Å². The van der Waals surface area contributed by atoms with Gasteiger partial charge in [0, 0.05) is 0 Å². The van der Waals surface area contributed by atoms with Gasteiger partial charge in [-0.3, -0.25) is 9.69 Å². The monoisotopic (exact) mass is 641 g/mol. The van der Waals surface area contributed by atoms with Crippen LogP contribution < -0.4 is 14.4 Å². The summed E-state index contributed by atoms with van der Waals surface area (Å²) in [6.45, 7) is 2.64. The molecule has 186 valence electrons. The second-order valence-corrected chi connectivity index (χ2v) is 10.4. The number of amides is 1. The Morgan fingerprint density at radius 3 is 2.50 bits per heavy atom. The van der Waals surface area contributed by atoms with Gasteiger partial charge in [0.2, 0.25) is 0 Å². The number of hydrogen-bond acceptors (Lipinski definition) is 5. The van der Waals surface area contributed by atoms with Crippen LogP contribution in [0, 0.1) is 3.57 Å². The van der Waals surface area contributed by atoms with Crippen molar-refractivity contribution in [3.8, 4) is 11.5 Å². The molecular weight excluding hydrogens is 622 g/mol. The molecule has 1 saturated heterocycles. The Balaban J connectivity index is 1.61. The minimum Gasteiger partial charge on any atom is -0.490 e. The lowest BCUT2D eigenvalue weighted by Crippen LogP contribution is -2.27. The summed E-state index contributed by atoms with van der Waals surface area (Å²) in [6.07, 6.45) is -2.87. The maximum atomic E-state index is 13.2. The van der Waals surface area contributed by atoms with Gasteiger partial charge in [0.05, 0.1) is 26.3 Å². The maximum absolute atomic E-state index is 13.2. The second kappa shape index (κ2) is 11.2. The summed E-state index contributed by atoms with van der Waals surface area (Å²) in [4.78, 5) is 14.5. The molecule has 3 aromatic rings. The summed E-state index contributed by atoms with van der Waals surface area (Å²) in [7, 11) is 0. The fourth-order valence-corrected chi connectivity index (χ4v) is 5.55. The first kappa shape index (κ1) is 26.5. The Hall–Kier alpha value is -2.57. The fraction of sp³-hybridized carbons (Fsp3) is 0.154. The Bertz CT molecular complexity index is 1330. The number of halogens is 4. The lowest BCUT2D eigenvalue weighted by atomic mass is 10.1. The van der Waals surface area contributed by atoms with Crippen LogP contribution in [0.1, 0.15) is 23.6 Å². The first-order chi connectivity index (χ1) is 17.2. The van der Waals surface area contributed by atoms with Crippen molar-refractivity contribution < 1.29 is 27.4 Å². The highest BCUT2D eigenvalue weighted by molar-refractivity contribution is 14.1. The summed E-state index contributed by atoms with van der Waals surface area (Å²) in [5.41, 5.74) is 0.919. The Kier molecular flexibility index (Phi) is 8.26. The number of alkyl halides is 3. The number of thioether (sulfide) groups is 1. The van der Waals surface area contributed by atoms with E-state index in [0.717, 1.165) is 37.9 Å². The molecule has 0 bridgehead atoms. The van der Waals surface area contributed by atoms with Gasteiger partial charge in [0.1, 0.15) is 6.61 Å². The molecule has 0 aliphatic carbocycles. The molecule has 1 amide bonds. The Morgan fingerprint density at radius 1 is 1.06 bits per heavy atom. The molecule has 0 atom stereocenters. The minimum absolute atomic E-state index is 0.0740. The zero-order chi connectivity index (χ0) is 25.9. The Labute approximate surface area is 229 Å². The lowest BCUT2D eigenvalue weighted by molar-refractivity contribution is -0.137. The molecule has 10 heteroatoms.